The van der Waals surface area contributed by atoms with Gasteiger partial charge in [0.2, 0.25) is 11.8 Å². The van der Waals surface area contributed by atoms with Crippen molar-refractivity contribution in [1.29, 1.82) is 0 Å². The number of nitrogens with one attached hydrogen (secondary N) is 1. The van der Waals surface area contributed by atoms with E-state index in [1.807, 2.05) is 55.5 Å². The summed E-state index contributed by atoms with van der Waals surface area (Å²) in [6.45, 7) is 1.96. The Morgan fingerprint density at radius 2 is 1.86 bits per heavy atom. The van der Waals surface area contributed by atoms with Gasteiger partial charge in [-0.25, -0.2) is 0 Å². The van der Waals surface area contributed by atoms with Gasteiger partial charge in [0, 0.05) is 24.1 Å². The summed E-state index contributed by atoms with van der Waals surface area (Å²) >= 11 is 0. The number of anilines is 1. The van der Waals surface area contributed by atoms with Crippen molar-refractivity contribution in [2.45, 2.75) is 13.3 Å². The second-order valence-electron chi connectivity index (χ2n) is 6.50. The van der Waals surface area contributed by atoms with Gasteiger partial charge in [-0.3, -0.25) is 9.59 Å². The van der Waals surface area contributed by atoms with Crippen molar-refractivity contribution in [3.05, 3.63) is 89.0 Å². The van der Waals surface area contributed by atoms with E-state index in [9.17, 15) is 9.59 Å². The molecule has 3 aromatic rings. The average Bonchev–Trinajstić information content (AvgIpc) is 2.73. The lowest BCUT2D eigenvalue weighted by atomic mass is 10.00. The van der Waals surface area contributed by atoms with E-state index in [-0.39, 0.29) is 11.7 Å². The van der Waals surface area contributed by atoms with Crippen molar-refractivity contribution < 1.29 is 14.3 Å². The van der Waals surface area contributed by atoms with Crippen molar-refractivity contribution in [2.24, 2.45) is 0 Å². The summed E-state index contributed by atoms with van der Waals surface area (Å²) in [5.41, 5.74) is 3.47. The van der Waals surface area contributed by atoms with Crippen LogP contribution in [0.1, 0.15) is 27.0 Å². The molecule has 0 spiro atoms. The van der Waals surface area contributed by atoms with E-state index in [2.05, 4.69) is 15.5 Å². The molecule has 0 saturated carbocycles. The summed E-state index contributed by atoms with van der Waals surface area (Å²) in [5, 5.41) is 10.3. The van der Waals surface area contributed by atoms with Gasteiger partial charge in [0.25, 0.3) is 0 Å². The van der Waals surface area contributed by atoms with Gasteiger partial charge in [0.05, 0.1) is 7.11 Å². The number of amides is 1. The molecule has 0 bridgehead atoms. The number of ether oxygens (including phenoxy) is 1. The van der Waals surface area contributed by atoms with Crippen molar-refractivity contribution in [2.75, 3.05) is 12.4 Å². The Morgan fingerprint density at radius 3 is 2.59 bits per heavy atom. The number of nitrogens with zero attached hydrogens (tertiary/aromatic N) is 2. The van der Waals surface area contributed by atoms with Crippen LogP contribution in [-0.4, -0.2) is 29.0 Å². The predicted octanol–water partition coefficient (Wildman–Crippen LogP) is 3.87. The minimum Gasteiger partial charge on any atom is -0.480 e. The van der Waals surface area contributed by atoms with Crippen LogP contribution in [0.15, 0.2) is 66.7 Å². The highest BCUT2D eigenvalue weighted by Crippen LogP contribution is 2.13. The fourth-order valence-corrected chi connectivity index (χ4v) is 2.75. The van der Waals surface area contributed by atoms with Gasteiger partial charge in [0.15, 0.2) is 11.6 Å². The third-order valence-corrected chi connectivity index (χ3v) is 4.18. The molecule has 0 atom stereocenters. The van der Waals surface area contributed by atoms with Crippen LogP contribution in [-0.2, 0) is 11.2 Å². The highest BCUT2D eigenvalue weighted by Gasteiger charge is 2.07. The van der Waals surface area contributed by atoms with E-state index in [1.165, 1.54) is 13.2 Å². The summed E-state index contributed by atoms with van der Waals surface area (Å²) in [6, 6.07) is 18.3. The van der Waals surface area contributed by atoms with E-state index < -0.39 is 0 Å². The van der Waals surface area contributed by atoms with Crippen LogP contribution in [0.4, 0.5) is 5.82 Å². The van der Waals surface area contributed by atoms with Gasteiger partial charge in [-0.2, -0.15) is 0 Å². The SMILES string of the molecule is COc1ccc(NC(=O)/C=C/c2cccc(CC(=O)c3cccc(C)c3)c2)nn1. The number of carbonyl (C=O) groups is 2. The first-order valence-corrected chi connectivity index (χ1v) is 9.09. The van der Waals surface area contributed by atoms with Crippen molar-refractivity contribution in [1.82, 2.24) is 10.2 Å². The molecule has 0 aliphatic rings. The molecule has 0 unspecified atom stereocenters. The average molecular weight is 387 g/mol. The number of methoxy groups -OCH3 is 1. The van der Waals surface area contributed by atoms with E-state index in [0.29, 0.717) is 23.7 Å². The lowest BCUT2D eigenvalue weighted by molar-refractivity contribution is -0.111. The van der Waals surface area contributed by atoms with Gasteiger partial charge in [-0.15, -0.1) is 10.2 Å². The van der Waals surface area contributed by atoms with Gasteiger partial charge in [-0.05, 0) is 36.3 Å². The van der Waals surface area contributed by atoms with Gasteiger partial charge in [-0.1, -0.05) is 48.0 Å². The summed E-state index contributed by atoms with van der Waals surface area (Å²) in [7, 11) is 1.49. The lowest BCUT2D eigenvalue weighted by Gasteiger charge is -2.04. The third kappa shape index (κ3) is 5.84. The first-order valence-electron chi connectivity index (χ1n) is 9.09. The molecule has 0 aliphatic heterocycles. The maximum atomic E-state index is 12.5. The van der Waals surface area contributed by atoms with E-state index in [4.69, 9.17) is 4.74 Å². The van der Waals surface area contributed by atoms with Crippen LogP contribution in [0.2, 0.25) is 0 Å². The predicted molar refractivity (Wildman–Crippen MR) is 112 cm³/mol. The van der Waals surface area contributed by atoms with Crippen LogP contribution in [0, 0.1) is 6.92 Å². The quantitative estimate of drug-likeness (QED) is 0.492. The normalized spacial score (nSPS) is 10.7. The van der Waals surface area contributed by atoms with Crippen molar-refractivity contribution >= 4 is 23.6 Å². The van der Waals surface area contributed by atoms with Gasteiger partial charge >= 0.3 is 0 Å². The Labute approximate surface area is 169 Å². The Morgan fingerprint density at radius 1 is 1.03 bits per heavy atom. The summed E-state index contributed by atoms with van der Waals surface area (Å²) in [6.07, 6.45) is 3.40. The zero-order valence-corrected chi connectivity index (χ0v) is 16.3. The van der Waals surface area contributed by atoms with Crippen LogP contribution in [0.3, 0.4) is 0 Å². The Kier molecular flexibility index (Phi) is 6.47. The second kappa shape index (κ2) is 9.41. The number of hydrogen-bond acceptors (Lipinski definition) is 5. The Balaban J connectivity index is 1.62. The third-order valence-electron chi connectivity index (χ3n) is 4.18. The molecule has 6 heteroatoms. The number of aromatic nitrogens is 2. The number of rotatable bonds is 7. The summed E-state index contributed by atoms with van der Waals surface area (Å²) < 4.78 is 4.93. The number of Topliss-reactive ketones (excluding diaryl/α,β-unsaturated/α-hetero) is 1. The molecule has 1 heterocycles. The molecule has 2 aromatic carbocycles. The minimum absolute atomic E-state index is 0.0608. The molecule has 0 radical (unpaired) electrons. The summed E-state index contributed by atoms with van der Waals surface area (Å²) in [4.78, 5) is 24.6. The second-order valence-corrected chi connectivity index (χ2v) is 6.50. The molecule has 29 heavy (non-hydrogen) atoms. The van der Waals surface area contributed by atoms with Crippen molar-refractivity contribution in [3.63, 3.8) is 0 Å². The first kappa shape index (κ1) is 19.9. The molecule has 3 rings (SSSR count). The number of benzene rings is 2. The Hall–Kier alpha value is -3.80. The zero-order valence-electron chi connectivity index (χ0n) is 16.3. The fourth-order valence-electron chi connectivity index (χ4n) is 2.75. The molecular formula is C23H21N3O3. The maximum absolute atomic E-state index is 12.5. The molecule has 0 saturated heterocycles. The van der Waals surface area contributed by atoms with E-state index >= 15 is 0 Å². The van der Waals surface area contributed by atoms with Crippen LogP contribution >= 0.6 is 0 Å². The largest absolute Gasteiger partial charge is 0.480 e. The summed E-state index contributed by atoms with van der Waals surface area (Å²) in [5.74, 6) is 0.435. The van der Waals surface area contributed by atoms with Crippen LogP contribution in [0.25, 0.3) is 6.08 Å². The monoisotopic (exact) mass is 387 g/mol. The molecule has 1 amide bonds. The van der Waals surface area contributed by atoms with Crippen LogP contribution < -0.4 is 10.1 Å². The smallest absolute Gasteiger partial charge is 0.249 e. The number of aryl methyl sites for hydroxylation is 1. The zero-order chi connectivity index (χ0) is 20.6. The molecule has 146 valence electrons. The van der Waals surface area contributed by atoms with E-state index in [1.54, 1.807) is 18.2 Å². The lowest BCUT2D eigenvalue weighted by Crippen LogP contribution is -2.09. The highest BCUT2D eigenvalue weighted by molar-refractivity contribution is 6.01. The molecule has 6 nitrogen and oxygen atoms in total. The number of carbonyl (C=O) groups excluding carboxylic acids is 2. The van der Waals surface area contributed by atoms with Gasteiger partial charge in [0.1, 0.15) is 0 Å². The molecule has 0 fully saturated rings. The number of hydrogen-bond donors (Lipinski definition) is 1. The number of ketones is 1. The molecule has 0 aliphatic carbocycles. The molecule has 1 N–H and O–H groups in total. The van der Waals surface area contributed by atoms with Gasteiger partial charge < -0.3 is 10.1 Å². The Bertz CT molecular complexity index is 1040. The van der Waals surface area contributed by atoms with E-state index in [0.717, 1.165) is 16.7 Å². The fraction of sp³-hybridized carbons (Fsp3) is 0.130. The topological polar surface area (TPSA) is 81.2 Å². The first-order chi connectivity index (χ1) is 14.0. The molecule has 1 aromatic heterocycles. The van der Waals surface area contributed by atoms with Crippen molar-refractivity contribution in [3.8, 4) is 5.88 Å². The molecular weight excluding hydrogens is 366 g/mol. The standard InChI is InChI=1S/C23H21N3O3/c1-16-5-3-8-19(13-16)20(27)15-18-7-4-6-17(14-18)9-11-22(28)24-21-10-12-23(29-2)26-25-21/h3-14H,15H2,1-2H3,(H,24,25,28)/b11-9+. The highest BCUT2D eigenvalue weighted by atomic mass is 16.5. The maximum Gasteiger partial charge on any atom is 0.249 e. The van der Waals surface area contributed by atoms with Crippen LogP contribution in [0.5, 0.6) is 5.88 Å². The minimum atomic E-state index is -0.328.